The van der Waals surface area contributed by atoms with E-state index >= 15 is 0 Å². The van der Waals surface area contributed by atoms with Crippen LogP contribution in [-0.2, 0) is 16.0 Å². The molecule has 8 nitrogen and oxygen atoms in total. The van der Waals surface area contributed by atoms with Crippen LogP contribution in [0.2, 0.25) is 5.02 Å². The third kappa shape index (κ3) is 4.88. The van der Waals surface area contributed by atoms with Gasteiger partial charge in [0.15, 0.2) is 16.6 Å². The molecular formula is C32H27ClN2O6S. The number of halogens is 1. The van der Waals surface area contributed by atoms with Crippen LogP contribution < -0.4 is 19.1 Å². The summed E-state index contributed by atoms with van der Waals surface area (Å²) in [5, 5.41) is 12.5. The molecule has 1 amide bonds. The molecule has 0 radical (unpaired) electrons. The van der Waals surface area contributed by atoms with Crippen LogP contribution in [0, 0.1) is 0 Å². The first-order chi connectivity index (χ1) is 20.3. The molecule has 1 fully saturated rings. The van der Waals surface area contributed by atoms with Crippen LogP contribution in [-0.4, -0.2) is 41.1 Å². The number of aliphatic hydroxyl groups is 1. The van der Waals surface area contributed by atoms with Gasteiger partial charge in [-0.2, -0.15) is 0 Å². The van der Waals surface area contributed by atoms with Crippen LogP contribution >= 0.6 is 22.9 Å². The Bertz CT molecular complexity index is 1780. The standard InChI is InChI=1S/C32H27ClN2O6S/c1-4-12-40-24-11-6-18(15-25(24)39-5-2)28-27(29(36)19-7-10-23-20(14-19)13-17(3)41-23)30(37)31(38)35(28)32-34-22-9-8-21(33)16-26(22)42-32/h4,6-11,14-17,28,36H,1,5,12-13H2,2-3H3. The molecule has 0 aliphatic carbocycles. The normalized spacial score (nSPS) is 19.2. The predicted octanol–water partition coefficient (Wildman–Crippen LogP) is 6.86. The maximum Gasteiger partial charge on any atom is 0.301 e. The van der Waals surface area contributed by atoms with E-state index in [2.05, 4.69) is 11.6 Å². The molecule has 1 saturated heterocycles. The first-order valence-electron chi connectivity index (χ1n) is 13.5. The van der Waals surface area contributed by atoms with Crippen LogP contribution in [0.5, 0.6) is 17.2 Å². The number of aliphatic hydroxyl groups excluding tert-OH is 1. The number of fused-ring (bicyclic) bond motifs is 2. The van der Waals surface area contributed by atoms with Crippen LogP contribution in [0.25, 0.3) is 16.0 Å². The Morgan fingerprint density at radius 1 is 1.17 bits per heavy atom. The van der Waals surface area contributed by atoms with Gasteiger partial charge in [0, 0.05) is 17.0 Å². The smallest absolute Gasteiger partial charge is 0.301 e. The van der Waals surface area contributed by atoms with E-state index in [-0.39, 0.29) is 24.0 Å². The van der Waals surface area contributed by atoms with Crippen molar-refractivity contribution >= 4 is 55.7 Å². The van der Waals surface area contributed by atoms with Gasteiger partial charge in [0.05, 0.1) is 28.4 Å². The summed E-state index contributed by atoms with van der Waals surface area (Å²) in [7, 11) is 0. The van der Waals surface area contributed by atoms with Crippen molar-refractivity contribution in [2.24, 2.45) is 0 Å². The number of amides is 1. The summed E-state index contributed by atoms with van der Waals surface area (Å²) in [4.78, 5) is 33.4. The molecule has 2 aliphatic rings. The number of aromatic nitrogens is 1. The van der Waals surface area contributed by atoms with Gasteiger partial charge in [-0.25, -0.2) is 4.98 Å². The second-order valence-electron chi connectivity index (χ2n) is 9.97. The second kappa shape index (κ2) is 11.2. The third-order valence-electron chi connectivity index (χ3n) is 7.10. The van der Waals surface area contributed by atoms with Gasteiger partial charge in [0.2, 0.25) is 0 Å². The van der Waals surface area contributed by atoms with Crippen LogP contribution in [0.15, 0.2) is 72.8 Å². The molecule has 0 saturated carbocycles. The van der Waals surface area contributed by atoms with Gasteiger partial charge < -0.3 is 19.3 Å². The Balaban J connectivity index is 1.54. The summed E-state index contributed by atoms with van der Waals surface area (Å²) in [6, 6.07) is 14.7. The molecule has 42 heavy (non-hydrogen) atoms. The van der Waals surface area contributed by atoms with Gasteiger partial charge in [0.25, 0.3) is 5.78 Å². The Hall–Kier alpha value is -4.34. The number of benzene rings is 3. The van der Waals surface area contributed by atoms with Crippen molar-refractivity contribution in [1.82, 2.24) is 4.98 Å². The van der Waals surface area contributed by atoms with E-state index in [0.717, 1.165) is 16.0 Å². The zero-order valence-corrected chi connectivity index (χ0v) is 24.5. The SMILES string of the molecule is C=CCOc1ccc(C2C(=C(O)c3ccc4c(c3)CC(C)O4)C(=O)C(=O)N2c2nc3ccc(Cl)cc3s2)cc1OCC. The van der Waals surface area contributed by atoms with Gasteiger partial charge in [-0.3, -0.25) is 14.5 Å². The average Bonchev–Trinajstić information content (AvgIpc) is 3.63. The number of Topliss-reactive ketones (excluding diaryl/α,β-unsaturated/α-hetero) is 1. The molecular weight excluding hydrogens is 576 g/mol. The van der Waals surface area contributed by atoms with E-state index < -0.39 is 17.7 Å². The number of anilines is 1. The van der Waals surface area contributed by atoms with Crippen molar-refractivity contribution in [3.8, 4) is 17.2 Å². The average molecular weight is 603 g/mol. The highest BCUT2D eigenvalue weighted by Gasteiger charge is 2.48. The Morgan fingerprint density at radius 3 is 2.79 bits per heavy atom. The summed E-state index contributed by atoms with van der Waals surface area (Å²) < 4.78 is 18.2. The van der Waals surface area contributed by atoms with Gasteiger partial charge in [0.1, 0.15) is 24.2 Å². The highest BCUT2D eigenvalue weighted by atomic mass is 35.5. The maximum atomic E-state index is 13.7. The fourth-order valence-electron chi connectivity index (χ4n) is 5.29. The Labute approximate surface area is 251 Å². The first-order valence-corrected chi connectivity index (χ1v) is 14.7. The first kappa shape index (κ1) is 27.8. The van der Waals surface area contributed by atoms with Crippen LogP contribution in [0.1, 0.15) is 36.6 Å². The molecule has 0 bridgehead atoms. The highest BCUT2D eigenvalue weighted by Crippen LogP contribution is 2.46. The number of nitrogens with zero attached hydrogens (tertiary/aromatic N) is 2. The molecule has 6 rings (SSSR count). The van der Waals surface area contributed by atoms with Crippen molar-refractivity contribution in [1.29, 1.82) is 0 Å². The van der Waals surface area contributed by atoms with Gasteiger partial charge in [-0.15, -0.1) is 0 Å². The maximum absolute atomic E-state index is 13.7. The molecule has 2 atom stereocenters. The van der Waals surface area contributed by atoms with E-state index in [9.17, 15) is 14.7 Å². The second-order valence-corrected chi connectivity index (χ2v) is 11.4. The number of ketones is 1. The van der Waals surface area contributed by atoms with E-state index in [1.165, 1.54) is 16.2 Å². The van der Waals surface area contributed by atoms with E-state index in [0.29, 0.717) is 51.3 Å². The molecule has 3 heterocycles. The van der Waals surface area contributed by atoms with Gasteiger partial charge in [-0.05, 0) is 73.5 Å². The van der Waals surface area contributed by atoms with Crippen molar-refractivity contribution < 1.29 is 28.9 Å². The molecule has 3 aromatic carbocycles. The quantitative estimate of drug-likeness (QED) is 0.102. The lowest BCUT2D eigenvalue weighted by molar-refractivity contribution is -0.132. The zero-order chi connectivity index (χ0) is 29.5. The highest BCUT2D eigenvalue weighted by molar-refractivity contribution is 7.22. The van der Waals surface area contributed by atoms with Crippen LogP contribution in [0.4, 0.5) is 5.13 Å². The number of rotatable bonds is 8. The lowest BCUT2D eigenvalue weighted by Crippen LogP contribution is -2.29. The fourth-order valence-corrected chi connectivity index (χ4v) is 6.56. The summed E-state index contributed by atoms with van der Waals surface area (Å²) in [5.74, 6) is -0.237. The minimum absolute atomic E-state index is 0.00863. The Kier molecular flexibility index (Phi) is 7.38. The van der Waals surface area contributed by atoms with E-state index in [4.69, 9.17) is 25.8 Å². The minimum Gasteiger partial charge on any atom is -0.507 e. The van der Waals surface area contributed by atoms with Crippen molar-refractivity contribution in [2.75, 3.05) is 18.1 Å². The summed E-state index contributed by atoms with van der Waals surface area (Å²) in [5.41, 5.74) is 2.46. The van der Waals surface area contributed by atoms with E-state index in [1.54, 1.807) is 60.7 Å². The van der Waals surface area contributed by atoms with Crippen molar-refractivity contribution in [3.05, 3.63) is 94.5 Å². The zero-order valence-electron chi connectivity index (χ0n) is 22.9. The summed E-state index contributed by atoms with van der Waals surface area (Å²) in [6.07, 6.45) is 2.31. The number of hydrogen-bond donors (Lipinski definition) is 1. The predicted molar refractivity (Wildman–Crippen MR) is 163 cm³/mol. The third-order valence-corrected chi connectivity index (χ3v) is 8.35. The van der Waals surface area contributed by atoms with E-state index in [1.807, 2.05) is 13.8 Å². The van der Waals surface area contributed by atoms with Crippen molar-refractivity contribution in [2.45, 2.75) is 32.4 Å². The number of carbonyl (C=O) groups excluding carboxylic acids is 2. The topological polar surface area (TPSA) is 98.2 Å². The Morgan fingerprint density at radius 2 is 2.00 bits per heavy atom. The molecule has 1 N–H and O–H groups in total. The monoisotopic (exact) mass is 602 g/mol. The molecule has 1 aromatic heterocycles. The number of carbonyl (C=O) groups is 2. The van der Waals surface area contributed by atoms with Crippen LogP contribution in [0.3, 0.4) is 0 Å². The minimum atomic E-state index is -0.989. The number of thiazole rings is 1. The summed E-state index contributed by atoms with van der Waals surface area (Å²) in [6.45, 7) is 8.15. The molecule has 2 aliphatic heterocycles. The van der Waals surface area contributed by atoms with Gasteiger partial charge >= 0.3 is 5.91 Å². The number of hydrogen-bond acceptors (Lipinski definition) is 8. The lowest BCUT2D eigenvalue weighted by Gasteiger charge is -2.24. The summed E-state index contributed by atoms with van der Waals surface area (Å²) >= 11 is 7.44. The molecule has 4 aromatic rings. The molecule has 0 spiro atoms. The molecule has 2 unspecified atom stereocenters. The number of ether oxygens (including phenoxy) is 3. The lowest BCUT2D eigenvalue weighted by atomic mass is 9.94. The van der Waals surface area contributed by atoms with Gasteiger partial charge in [-0.1, -0.05) is 41.7 Å². The van der Waals surface area contributed by atoms with Crippen molar-refractivity contribution in [3.63, 3.8) is 0 Å². The molecule has 10 heteroatoms. The molecule has 214 valence electrons. The fraction of sp³-hybridized carbons (Fsp3) is 0.219. The largest absolute Gasteiger partial charge is 0.507 e.